The van der Waals surface area contributed by atoms with Crippen LogP contribution in [0, 0.1) is 5.41 Å². The van der Waals surface area contributed by atoms with Gasteiger partial charge in [-0.1, -0.05) is 13.8 Å². The molecule has 0 aliphatic rings. The predicted octanol–water partition coefficient (Wildman–Crippen LogP) is 2.44. The Kier molecular flexibility index (Phi) is 3.99. The van der Waals surface area contributed by atoms with Gasteiger partial charge >= 0.3 is 0 Å². The number of aromatic nitrogens is 3. The number of nitrogens with two attached hydrogens (primary N) is 1. The number of nitrogen functional groups attached to an aromatic ring is 1. The molecule has 1 aromatic heterocycles. The second kappa shape index (κ2) is 5.52. The highest BCUT2D eigenvalue weighted by molar-refractivity contribution is 9.10. The maximum Gasteiger partial charge on any atom is 0.151 e. The van der Waals surface area contributed by atoms with Crippen molar-refractivity contribution in [3.63, 3.8) is 0 Å². The zero-order valence-electron chi connectivity index (χ0n) is 10.9. The molecule has 0 aliphatic carbocycles. The summed E-state index contributed by atoms with van der Waals surface area (Å²) < 4.78 is 2.63. The molecule has 1 aromatic carbocycles. The number of nitrogens with one attached hydrogen (secondary N) is 1. The highest BCUT2D eigenvalue weighted by Gasteiger charge is 2.11. The van der Waals surface area contributed by atoms with Crippen LogP contribution in [-0.4, -0.2) is 20.6 Å². The van der Waals surface area contributed by atoms with Crippen LogP contribution in [-0.2, 0) is 12.8 Å². The molecule has 0 aliphatic heterocycles. The minimum atomic E-state index is 0.0435. The molecule has 3 N–H and O–H groups in total. The lowest BCUT2D eigenvalue weighted by molar-refractivity contribution is 0.790. The summed E-state index contributed by atoms with van der Waals surface area (Å²) in [6.07, 6.45) is 1.63. The monoisotopic (exact) mass is 321 g/mol. The van der Waals surface area contributed by atoms with Crippen molar-refractivity contribution in [2.24, 2.45) is 5.73 Å². The first kappa shape index (κ1) is 13.7. The molecule has 0 saturated heterocycles. The van der Waals surface area contributed by atoms with Crippen LogP contribution in [0.25, 0.3) is 5.69 Å². The summed E-state index contributed by atoms with van der Waals surface area (Å²) in [6, 6.07) is 5.62. The van der Waals surface area contributed by atoms with E-state index in [9.17, 15) is 0 Å². The van der Waals surface area contributed by atoms with Gasteiger partial charge in [-0.05, 0) is 34.1 Å². The third-order valence-electron chi connectivity index (χ3n) is 2.84. The molecule has 0 saturated carbocycles. The second-order valence-electron chi connectivity index (χ2n) is 4.14. The van der Waals surface area contributed by atoms with Crippen LogP contribution in [0.5, 0.6) is 0 Å². The number of nitrogens with zero attached hydrogens (tertiary/aromatic N) is 3. The van der Waals surface area contributed by atoms with Crippen LogP contribution >= 0.6 is 15.9 Å². The summed E-state index contributed by atoms with van der Waals surface area (Å²) in [4.78, 5) is 4.48. The van der Waals surface area contributed by atoms with Gasteiger partial charge in [0, 0.05) is 22.9 Å². The Labute approximate surface area is 120 Å². The van der Waals surface area contributed by atoms with Crippen molar-refractivity contribution in [3.05, 3.63) is 39.9 Å². The van der Waals surface area contributed by atoms with E-state index in [0.717, 1.165) is 34.7 Å². The average molecular weight is 322 g/mol. The van der Waals surface area contributed by atoms with Gasteiger partial charge in [-0.2, -0.15) is 5.10 Å². The number of amidine groups is 1. The van der Waals surface area contributed by atoms with Crippen LogP contribution in [0.2, 0.25) is 0 Å². The van der Waals surface area contributed by atoms with E-state index in [0.29, 0.717) is 5.56 Å². The Morgan fingerprint density at radius 3 is 2.63 bits per heavy atom. The first-order valence-corrected chi connectivity index (χ1v) is 6.95. The van der Waals surface area contributed by atoms with E-state index in [1.165, 1.54) is 0 Å². The fourth-order valence-electron chi connectivity index (χ4n) is 1.83. The van der Waals surface area contributed by atoms with Crippen molar-refractivity contribution in [1.82, 2.24) is 14.8 Å². The molecule has 0 bridgehead atoms. The van der Waals surface area contributed by atoms with Crippen molar-refractivity contribution in [2.45, 2.75) is 26.7 Å². The Hall–Kier alpha value is -1.69. The van der Waals surface area contributed by atoms with Gasteiger partial charge in [0.1, 0.15) is 11.7 Å². The number of benzene rings is 1. The third kappa shape index (κ3) is 2.68. The molecule has 0 spiro atoms. The zero-order valence-corrected chi connectivity index (χ0v) is 12.5. The van der Waals surface area contributed by atoms with Crippen molar-refractivity contribution in [1.29, 1.82) is 5.41 Å². The summed E-state index contributed by atoms with van der Waals surface area (Å²) in [5, 5.41) is 12.0. The normalized spacial score (nSPS) is 10.7. The molecular weight excluding hydrogens is 306 g/mol. The van der Waals surface area contributed by atoms with Crippen molar-refractivity contribution in [2.75, 3.05) is 0 Å². The quantitative estimate of drug-likeness (QED) is 0.670. The standard InChI is InChI=1S/C13H16BrN5/c1-3-11-17-12(4-2)19(18-11)8-5-6-9(13(15)16)10(14)7-8/h5-7H,3-4H2,1-2H3,(H3,15,16). The third-order valence-corrected chi connectivity index (χ3v) is 3.49. The van der Waals surface area contributed by atoms with Gasteiger partial charge in [0.05, 0.1) is 5.69 Å². The van der Waals surface area contributed by atoms with Crippen molar-refractivity contribution in [3.8, 4) is 5.69 Å². The smallest absolute Gasteiger partial charge is 0.151 e. The fourth-order valence-corrected chi connectivity index (χ4v) is 2.41. The first-order valence-electron chi connectivity index (χ1n) is 6.16. The van der Waals surface area contributed by atoms with Crippen LogP contribution in [0.3, 0.4) is 0 Å². The minimum Gasteiger partial charge on any atom is -0.384 e. The van der Waals surface area contributed by atoms with E-state index in [1.54, 1.807) is 0 Å². The molecule has 2 rings (SSSR count). The van der Waals surface area contributed by atoms with Gasteiger partial charge in [-0.3, -0.25) is 5.41 Å². The number of rotatable bonds is 4. The molecule has 19 heavy (non-hydrogen) atoms. The number of halogens is 1. The van der Waals surface area contributed by atoms with Gasteiger partial charge in [0.25, 0.3) is 0 Å². The lowest BCUT2D eigenvalue weighted by Crippen LogP contribution is -2.12. The highest BCUT2D eigenvalue weighted by atomic mass is 79.9. The Balaban J connectivity index is 2.50. The molecular formula is C13H16BrN5. The molecule has 2 aromatic rings. The lowest BCUT2D eigenvalue weighted by atomic mass is 10.2. The van der Waals surface area contributed by atoms with Crippen LogP contribution in [0.4, 0.5) is 0 Å². The molecule has 0 fully saturated rings. The summed E-state index contributed by atoms with van der Waals surface area (Å²) in [6.45, 7) is 4.09. The molecule has 6 heteroatoms. The molecule has 1 heterocycles. The van der Waals surface area contributed by atoms with Gasteiger partial charge in [-0.25, -0.2) is 9.67 Å². The maximum absolute atomic E-state index is 7.48. The fraction of sp³-hybridized carbons (Fsp3) is 0.308. The van der Waals surface area contributed by atoms with E-state index >= 15 is 0 Å². The number of hydrogen-bond donors (Lipinski definition) is 2. The van der Waals surface area contributed by atoms with E-state index in [-0.39, 0.29) is 5.84 Å². The van der Waals surface area contributed by atoms with E-state index in [1.807, 2.05) is 29.8 Å². The van der Waals surface area contributed by atoms with Gasteiger partial charge in [-0.15, -0.1) is 0 Å². The summed E-state index contributed by atoms with van der Waals surface area (Å²) in [7, 11) is 0. The first-order chi connectivity index (χ1) is 9.06. The van der Waals surface area contributed by atoms with Gasteiger partial charge in [0.2, 0.25) is 0 Å². The molecule has 0 amide bonds. The molecule has 0 atom stereocenters. The minimum absolute atomic E-state index is 0.0435. The largest absolute Gasteiger partial charge is 0.384 e. The SMILES string of the molecule is CCc1nc(CC)n(-c2ccc(C(=N)N)c(Br)c2)n1. The Bertz CT molecular complexity index is 617. The van der Waals surface area contributed by atoms with Gasteiger partial charge in [0.15, 0.2) is 5.82 Å². The zero-order chi connectivity index (χ0) is 14.0. The molecule has 5 nitrogen and oxygen atoms in total. The van der Waals surface area contributed by atoms with Crippen molar-refractivity contribution < 1.29 is 0 Å². The van der Waals surface area contributed by atoms with E-state index in [4.69, 9.17) is 11.1 Å². The number of hydrogen-bond acceptors (Lipinski definition) is 3. The van der Waals surface area contributed by atoms with Gasteiger partial charge < -0.3 is 5.73 Å². The lowest BCUT2D eigenvalue weighted by Gasteiger charge is -2.07. The average Bonchev–Trinajstić information content (AvgIpc) is 2.81. The molecule has 0 radical (unpaired) electrons. The van der Waals surface area contributed by atoms with Crippen LogP contribution in [0.15, 0.2) is 22.7 Å². The summed E-state index contributed by atoms with van der Waals surface area (Å²) in [5.41, 5.74) is 7.10. The topological polar surface area (TPSA) is 80.6 Å². The number of aryl methyl sites for hydroxylation is 2. The predicted molar refractivity (Wildman–Crippen MR) is 78.8 cm³/mol. The van der Waals surface area contributed by atoms with Crippen LogP contribution < -0.4 is 5.73 Å². The van der Waals surface area contributed by atoms with Crippen LogP contribution in [0.1, 0.15) is 31.1 Å². The highest BCUT2D eigenvalue weighted by Crippen LogP contribution is 2.21. The van der Waals surface area contributed by atoms with E-state index in [2.05, 4.69) is 32.9 Å². The van der Waals surface area contributed by atoms with Crippen molar-refractivity contribution >= 4 is 21.8 Å². The molecule has 100 valence electrons. The Morgan fingerprint density at radius 1 is 1.37 bits per heavy atom. The maximum atomic E-state index is 7.48. The van der Waals surface area contributed by atoms with E-state index < -0.39 is 0 Å². The second-order valence-corrected chi connectivity index (χ2v) is 5.00. The molecule has 0 unspecified atom stereocenters. The summed E-state index contributed by atoms with van der Waals surface area (Å²) >= 11 is 3.43. The summed E-state index contributed by atoms with van der Waals surface area (Å²) in [5.74, 6) is 1.81. The Morgan fingerprint density at radius 2 is 2.11 bits per heavy atom.